The van der Waals surface area contributed by atoms with Crippen molar-refractivity contribution in [3.8, 4) is 0 Å². The van der Waals surface area contributed by atoms with Crippen molar-refractivity contribution in [1.82, 2.24) is 0 Å². The highest BCUT2D eigenvalue weighted by Gasteiger charge is 2.53. The Kier molecular flexibility index (Phi) is 5.15. The van der Waals surface area contributed by atoms with E-state index in [1.807, 2.05) is 65.8 Å². The molecule has 0 N–H and O–H groups in total. The first-order valence-corrected chi connectivity index (χ1v) is 8.70. The Hall–Kier alpha value is -0.645. The molecular formula is C18H25BBrFO2. The van der Waals surface area contributed by atoms with Crippen LogP contribution < -0.4 is 0 Å². The fourth-order valence-corrected chi connectivity index (χ4v) is 2.84. The lowest BCUT2D eigenvalue weighted by Crippen LogP contribution is -2.41. The van der Waals surface area contributed by atoms with E-state index in [1.165, 1.54) is 0 Å². The van der Waals surface area contributed by atoms with E-state index in [1.54, 1.807) is 6.08 Å². The van der Waals surface area contributed by atoms with Crippen LogP contribution in [0.15, 0.2) is 40.5 Å². The van der Waals surface area contributed by atoms with Gasteiger partial charge in [-0.1, -0.05) is 48.0 Å². The van der Waals surface area contributed by atoms with Gasteiger partial charge in [0, 0.05) is 4.47 Å². The SMILES string of the molecule is CC(C)(C=C(F)B1OC(C)(C)C(C)(C)O1)Cc1ccc(Br)cc1. The number of benzene rings is 1. The summed E-state index contributed by atoms with van der Waals surface area (Å²) in [5.74, 6) is 0. The van der Waals surface area contributed by atoms with Gasteiger partial charge in [-0.25, -0.2) is 4.39 Å². The van der Waals surface area contributed by atoms with E-state index in [2.05, 4.69) is 15.9 Å². The summed E-state index contributed by atoms with van der Waals surface area (Å²) >= 11 is 3.43. The second-order valence-electron chi connectivity index (χ2n) is 7.91. The first kappa shape index (κ1) is 18.7. The zero-order valence-electron chi connectivity index (χ0n) is 14.7. The topological polar surface area (TPSA) is 18.5 Å². The summed E-state index contributed by atoms with van der Waals surface area (Å²) in [4.78, 5) is 0. The highest BCUT2D eigenvalue weighted by Crippen LogP contribution is 2.39. The average molecular weight is 383 g/mol. The maximum atomic E-state index is 14.7. The lowest BCUT2D eigenvalue weighted by molar-refractivity contribution is 0.00578. The van der Waals surface area contributed by atoms with Crippen LogP contribution in [-0.4, -0.2) is 18.3 Å². The minimum Gasteiger partial charge on any atom is -0.398 e. The van der Waals surface area contributed by atoms with Crippen molar-refractivity contribution in [2.45, 2.75) is 59.2 Å². The van der Waals surface area contributed by atoms with Crippen molar-refractivity contribution in [2.24, 2.45) is 5.41 Å². The highest BCUT2D eigenvalue weighted by molar-refractivity contribution is 9.10. The fourth-order valence-electron chi connectivity index (χ4n) is 2.58. The van der Waals surface area contributed by atoms with Crippen molar-refractivity contribution in [3.63, 3.8) is 0 Å². The summed E-state index contributed by atoms with van der Waals surface area (Å²) in [5.41, 5.74) is -0.583. The van der Waals surface area contributed by atoms with Crippen LogP contribution in [-0.2, 0) is 15.7 Å². The molecule has 2 rings (SSSR count). The van der Waals surface area contributed by atoms with Crippen LogP contribution in [0, 0.1) is 5.41 Å². The molecular weight excluding hydrogens is 358 g/mol. The van der Waals surface area contributed by atoms with E-state index >= 15 is 0 Å². The van der Waals surface area contributed by atoms with Crippen LogP contribution in [0.2, 0.25) is 0 Å². The maximum absolute atomic E-state index is 14.7. The molecule has 0 saturated carbocycles. The molecule has 1 fully saturated rings. The molecule has 0 unspecified atom stereocenters. The lowest BCUT2D eigenvalue weighted by Gasteiger charge is -2.32. The Bertz CT molecular complexity index is 578. The Morgan fingerprint density at radius 1 is 1.13 bits per heavy atom. The van der Waals surface area contributed by atoms with Crippen molar-refractivity contribution in [3.05, 3.63) is 46.1 Å². The number of allylic oxidation sites excluding steroid dienone is 1. The first-order valence-electron chi connectivity index (χ1n) is 7.90. The minimum atomic E-state index is -0.927. The third kappa shape index (κ3) is 4.46. The van der Waals surface area contributed by atoms with E-state index in [4.69, 9.17) is 9.31 Å². The van der Waals surface area contributed by atoms with Crippen molar-refractivity contribution in [1.29, 1.82) is 0 Å². The molecule has 0 spiro atoms. The predicted octanol–water partition coefficient (Wildman–Crippen LogP) is 5.50. The molecule has 23 heavy (non-hydrogen) atoms. The van der Waals surface area contributed by atoms with Gasteiger partial charge >= 0.3 is 7.12 Å². The largest absolute Gasteiger partial charge is 0.524 e. The van der Waals surface area contributed by atoms with Gasteiger partial charge in [-0.2, -0.15) is 0 Å². The zero-order chi connectivity index (χ0) is 17.5. The summed E-state index contributed by atoms with van der Waals surface area (Å²) in [6.07, 6.45) is 2.37. The van der Waals surface area contributed by atoms with Crippen LogP contribution in [0.5, 0.6) is 0 Å². The number of hydrogen-bond donors (Lipinski definition) is 0. The molecule has 126 valence electrons. The van der Waals surface area contributed by atoms with Crippen molar-refractivity contribution in [2.75, 3.05) is 0 Å². The summed E-state index contributed by atoms with van der Waals surface area (Å²) in [5, 5.41) is 0. The van der Waals surface area contributed by atoms with Crippen molar-refractivity contribution >= 4 is 23.0 Å². The Labute approximate surface area is 147 Å². The number of hydrogen-bond acceptors (Lipinski definition) is 2. The summed E-state index contributed by atoms with van der Waals surface area (Å²) in [6.45, 7) is 11.7. The molecule has 1 aromatic rings. The molecule has 0 aromatic heterocycles. The van der Waals surface area contributed by atoms with Gasteiger partial charge in [-0.05, 0) is 57.2 Å². The van der Waals surface area contributed by atoms with Gasteiger partial charge in [-0.3, -0.25) is 0 Å². The van der Waals surface area contributed by atoms with Crippen LogP contribution in [0.25, 0.3) is 0 Å². The van der Waals surface area contributed by atoms with Crippen LogP contribution in [0.1, 0.15) is 47.1 Å². The second kappa shape index (κ2) is 6.34. The van der Waals surface area contributed by atoms with Gasteiger partial charge in [0.05, 0.1) is 11.2 Å². The molecule has 0 amide bonds. The molecule has 1 saturated heterocycles. The quantitative estimate of drug-likeness (QED) is 0.639. The van der Waals surface area contributed by atoms with Crippen LogP contribution in [0.4, 0.5) is 4.39 Å². The number of rotatable bonds is 4. The normalized spacial score (nSPS) is 20.9. The van der Waals surface area contributed by atoms with Gasteiger partial charge in [0.15, 0.2) is 0 Å². The third-order valence-electron chi connectivity index (χ3n) is 4.58. The molecule has 0 atom stereocenters. The van der Waals surface area contributed by atoms with Crippen LogP contribution in [0.3, 0.4) is 0 Å². The van der Waals surface area contributed by atoms with Gasteiger partial charge in [0.25, 0.3) is 0 Å². The maximum Gasteiger partial charge on any atom is 0.524 e. The Balaban J connectivity index is 2.11. The van der Waals surface area contributed by atoms with E-state index in [0.717, 1.165) is 16.5 Å². The monoisotopic (exact) mass is 382 g/mol. The average Bonchev–Trinajstić information content (AvgIpc) is 2.61. The first-order chi connectivity index (χ1) is 10.4. The molecule has 0 aliphatic carbocycles. The highest BCUT2D eigenvalue weighted by atomic mass is 79.9. The van der Waals surface area contributed by atoms with Gasteiger partial charge in [0.1, 0.15) is 5.73 Å². The zero-order valence-corrected chi connectivity index (χ0v) is 16.3. The molecule has 5 heteroatoms. The van der Waals surface area contributed by atoms with Gasteiger partial charge in [0.2, 0.25) is 0 Å². The molecule has 1 aromatic carbocycles. The smallest absolute Gasteiger partial charge is 0.398 e. The van der Waals surface area contributed by atoms with E-state index in [0.29, 0.717) is 0 Å². The molecule has 1 heterocycles. The minimum absolute atomic E-state index is 0.332. The van der Waals surface area contributed by atoms with Crippen molar-refractivity contribution < 1.29 is 13.7 Å². The lowest BCUT2D eigenvalue weighted by atomic mass is 9.79. The van der Waals surface area contributed by atoms with Crippen LogP contribution >= 0.6 is 15.9 Å². The summed E-state index contributed by atoms with van der Waals surface area (Å²) in [6, 6.07) is 8.10. The third-order valence-corrected chi connectivity index (χ3v) is 5.11. The van der Waals surface area contributed by atoms with Gasteiger partial charge in [-0.15, -0.1) is 0 Å². The predicted molar refractivity (Wildman–Crippen MR) is 96.9 cm³/mol. The summed E-state index contributed by atoms with van der Waals surface area (Å²) in [7, 11) is -0.927. The fraction of sp³-hybridized carbons (Fsp3) is 0.556. The molecule has 1 aliphatic heterocycles. The Morgan fingerprint density at radius 3 is 2.09 bits per heavy atom. The molecule has 1 aliphatic rings. The summed E-state index contributed by atoms with van der Waals surface area (Å²) < 4.78 is 27.2. The standard InChI is InChI=1S/C18H25BBrFO2/c1-16(2,11-13-7-9-14(20)10-8-13)12-15(21)19-22-17(3,4)18(5,6)23-19/h7-10,12H,11H2,1-6H3. The molecule has 2 nitrogen and oxygen atoms in total. The molecule has 0 bridgehead atoms. The second-order valence-corrected chi connectivity index (χ2v) is 8.82. The molecule has 0 radical (unpaired) electrons. The van der Waals surface area contributed by atoms with E-state index in [9.17, 15) is 4.39 Å². The van der Waals surface area contributed by atoms with Gasteiger partial charge < -0.3 is 9.31 Å². The van der Waals surface area contributed by atoms with E-state index in [-0.39, 0.29) is 11.1 Å². The van der Waals surface area contributed by atoms with E-state index < -0.39 is 18.3 Å². The Morgan fingerprint density at radius 2 is 1.61 bits per heavy atom. The number of halogens is 2.